The third-order valence-electron chi connectivity index (χ3n) is 3.60. The number of hydrogen-bond acceptors (Lipinski definition) is 6. The van der Waals surface area contributed by atoms with Crippen molar-refractivity contribution in [3.05, 3.63) is 33.9 Å². The molecular weight excluding hydrogens is 300 g/mol. The van der Waals surface area contributed by atoms with Gasteiger partial charge in [-0.05, 0) is 32.8 Å². The normalized spacial score (nSPS) is 18.3. The van der Waals surface area contributed by atoms with Gasteiger partial charge >= 0.3 is 0 Å². The summed E-state index contributed by atoms with van der Waals surface area (Å²) in [5.74, 6) is 0.558. The van der Waals surface area contributed by atoms with Crippen molar-refractivity contribution in [3.8, 4) is 5.88 Å². The molecule has 1 atom stereocenters. The first kappa shape index (κ1) is 14.9. The van der Waals surface area contributed by atoms with Crippen molar-refractivity contribution in [1.29, 1.82) is 0 Å². The summed E-state index contributed by atoms with van der Waals surface area (Å²) in [4.78, 5) is 19.6. The zero-order valence-corrected chi connectivity index (χ0v) is 13.5. The first-order chi connectivity index (χ1) is 10.6. The number of nitrogens with zero attached hydrogens (tertiary/aromatic N) is 4. The Bertz CT molecular complexity index is 659. The number of rotatable bonds is 3. The summed E-state index contributed by atoms with van der Waals surface area (Å²) in [7, 11) is 0. The van der Waals surface area contributed by atoms with Crippen molar-refractivity contribution in [2.24, 2.45) is 0 Å². The SMILES string of the molecule is Cc1nc(C)c(C(=O)N2CCC[C@@H](Oc3cccnn3)C2)s1. The van der Waals surface area contributed by atoms with E-state index in [1.165, 1.54) is 11.3 Å². The number of hydrogen-bond donors (Lipinski definition) is 0. The fourth-order valence-electron chi connectivity index (χ4n) is 2.61. The Morgan fingerprint density at radius 2 is 2.32 bits per heavy atom. The number of aryl methyl sites for hydroxylation is 2. The van der Waals surface area contributed by atoms with Crippen LogP contribution in [0.3, 0.4) is 0 Å². The van der Waals surface area contributed by atoms with E-state index in [2.05, 4.69) is 15.2 Å². The zero-order chi connectivity index (χ0) is 15.5. The fraction of sp³-hybridized carbons (Fsp3) is 0.467. The van der Waals surface area contributed by atoms with E-state index in [1.54, 1.807) is 18.3 Å². The second-order valence-electron chi connectivity index (χ2n) is 5.34. The van der Waals surface area contributed by atoms with Gasteiger partial charge in [0, 0.05) is 18.8 Å². The Hall–Kier alpha value is -2.02. The highest BCUT2D eigenvalue weighted by Crippen LogP contribution is 2.22. The van der Waals surface area contributed by atoms with Gasteiger partial charge < -0.3 is 9.64 Å². The van der Waals surface area contributed by atoms with Crippen LogP contribution in [-0.4, -0.2) is 45.2 Å². The van der Waals surface area contributed by atoms with Crippen LogP contribution in [0, 0.1) is 13.8 Å². The Balaban J connectivity index is 1.68. The summed E-state index contributed by atoms with van der Waals surface area (Å²) in [6.07, 6.45) is 3.41. The van der Waals surface area contributed by atoms with Crippen molar-refractivity contribution < 1.29 is 9.53 Å². The molecule has 6 nitrogen and oxygen atoms in total. The van der Waals surface area contributed by atoms with Gasteiger partial charge in [0.1, 0.15) is 11.0 Å². The zero-order valence-electron chi connectivity index (χ0n) is 12.7. The number of likely N-dealkylation sites (tertiary alicyclic amines) is 1. The highest BCUT2D eigenvalue weighted by Gasteiger charge is 2.28. The lowest BCUT2D eigenvalue weighted by Crippen LogP contribution is -2.44. The van der Waals surface area contributed by atoms with Crippen LogP contribution in [0.4, 0.5) is 0 Å². The lowest BCUT2D eigenvalue weighted by atomic mass is 10.1. The van der Waals surface area contributed by atoms with Crippen LogP contribution in [0.5, 0.6) is 5.88 Å². The molecule has 0 bridgehead atoms. The van der Waals surface area contributed by atoms with Gasteiger partial charge in [-0.2, -0.15) is 5.10 Å². The van der Waals surface area contributed by atoms with Crippen LogP contribution in [0.2, 0.25) is 0 Å². The van der Waals surface area contributed by atoms with Crippen molar-refractivity contribution >= 4 is 17.2 Å². The third kappa shape index (κ3) is 3.24. The van der Waals surface area contributed by atoms with E-state index in [1.807, 2.05) is 18.7 Å². The molecule has 3 rings (SSSR count). The Labute approximate surface area is 133 Å². The lowest BCUT2D eigenvalue weighted by molar-refractivity contribution is 0.0529. The van der Waals surface area contributed by atoms with Gasteiger partial charge in [0.15, 0.2) is 0 Å². The van der Waals surface area contributed by atoms with Gasteiger partial charge in [0.05, 0.1) is 17.2 Å². The Morgan fingerprint density at radius 3 is 3.00 bits per heavy atom. The monoisotopic (exact) mass is 318 g/mol. The first-order valence-corrected chi connectivity index (χ1v) is 8.13. The molecule has 116 valence electrons. The van der Waals surface area contributed by atoms with Gasteiger partial charge in [-0.1, -0.05) is 0 Å². The number of thiazole rings is 1. The molecule has 0 spiro atoms. The van der Waals surface area contributed by atoms with E-state index < -0.39 is 0 Å². The number of carbonyl (C=O) groups is 1. The number of ether oxygens (including phenoxy) is 1. The minimum atomic E-state index is -0.0382. The Morgan fingerprint density at radius 1 is 1.45 bits per heavy atom. The van der Waals surface area contributed by atoms with Gasteiger partial charge in [0.2, 0.25) is 5.88 Å². The molecule has 1 aliphatic heterocycles. The molecule has 0 aromatic carbocycles. The van der Waals surface area contributed by atoms with Gasteiger partial charge in [-0.25, -0.2) is 4.98 Å². The van der Waals surface area contributed by atoms with E-state index >= 15 is 0 Å². The highest BCUT2D eigenvalue weighted by atomic mass is 32.1. The fourth-order valence-corrected chi connectivity index (χ4v) is 3.50. The van der Waals surface area contributed by atoms with Crippen LogP contribution < -0.4 is 4.74 Å². The molecule has 3 heterocycles. The van der Waals surface area contributed by atoms with E-state index in [-0.39, 0.29) is 12.0 Å². The third-order valence-corrected chi connectivity index (χ3v) is 4.66. The molecule has 0 unspecified atom stereocenters. The maximum Gasteiger partial charge on any atom is 0.265 e. The predicted molar refractivity (Wildman–Crippen MR) is 83.2 cm³/mol. The summed E-state index contributed by atoms with van der Waals surface area (Å²) in [6.45, 7) is 5.14. The van der Waals surface area contributed by atoms with Crippen molar-refractivity contribution in [2.45, 2.75) is 32.8 Å². The van der Waals surface area contributed by atoms with Gasteiger partial charge in [-0.3, -0.25) is 4.79 Å². The van der Waals surface area contributed by atoms with E-state index in [4.69, 9.17) is 4.74 Å². The molecule has 22 heavy (non-hydrogen) atoms. The molecule has 1 amide bonds. The van der Waals surface area contributed by atoms with Gasteiger partial charge in [0.25, 0.3) is 5.91 Å². The van der Waals surface area contributed by atoms with Crippen LogP contribution in [0.15, 0.2) is 18.3 Å². The second kappa shape index (κ2) is 6.39. The van der Waals surface area contributed by atoms with E-state index in [9.17, 15) is 4.79 Å². The van der Waals surface area contributed by atoms with Crippen LogP contribution in [-0.2, 0) is 0 Å². The molecule has 2 aromatic rings. The first-order valence-electron chi connectivity index (χ1n) is 7.31. The molecule has 1 saturated heterocycles. The predicted octanol–water partition coefficient (Wildman–Crippen LogP) is 2.23. The average molecular weight is 318 g/mol. The maximum atomic E-state index is 12.6. The lowest BCUT2D eigenvalue weighted by Gasteiger charge is -2.32. The maximum absolute atomic E-state index is 12.6. The molecule has 0 radical (unpaired) electrons. The van der Waals surface area contributed by atoms with Crippen LogP contribution >= 0.6 is 11.3 Å². The summed E-state index contributed by atoms with van der Waals surface area (Å²) in [5, 5.41) is 8.66. The number of amides is 1. The number of piperidine rings is 1. The van der Waals surface area contributed by atoms with Crippen molar-refractivity contribution in [3.63, 3.8) is 0 Å². The second-order valence-corrected chi connectivity index (χ2v) is 6.55. The van der Waals surface area contributed by atoms with Crippen LogP contribution in [0.25, 0.3) is 0 Å². The molecule has 0 aliphatic carbocycles. The Kier molecular flexibility index (Phi) is 4.33. The van der Waals surface area contributed by atoms with E-state index in [0.717, 1.165) is 35.0 Å². The molecule has 7 heteroatoms. The molecular formula is C15H18N4O2S. The topological polar surface area (TPSA) is 68.2 Å². The van der Waals surface area contributed by atoms with Gasteiger partial charge in [-0.15, -0.1) is 16.4 Å². The minimum absolute atomic E-state index is 0.0382. The number of carbonyl (C=O) groups excluding carboxylic acids is 1. The molecule has 0 N–H and O–H groups in total. The molecule has 1 aliphatic rings. The minimum Gasteiger partial charge on any atom is -0.471 e. The summed E-state index contributed by atoms with van der Waals surface area (Å²) in [6, 6.07) is 3.57. The van der Waals surface area contributed by atoms with E-state index in [0.29, 0.717) is 12.4 Å². The van der Waals surface area contributed by atoms with Crippen molar-refractivity contribution in [1.82, 2.24) is 20.1 Å². The molecule has 0 saturated carbocycles. The summed E-state index contributed by atoms with van der Waals surface area (Å²) >= 11 is 1.46. The number of aromatic nitrogens is 3. The quantitative estimate of drug-likeness (QED) is 0.868. The van der Waals surface area contributed by atoms with Crippen molar-refractivity contribution in [2.75, 3.05) is 13.1 Å². The average Bonchev–Trinajstić information content (AvgIpc) is 2.86. The smallest absolute Gasteiger partial charge is 0.265 e. The largest absolute Gasteiger partial charge is 0.471 e. The summed E-state index contributed by atoms with van der Waals surface area (Å²) < 4.78 is 5.83. The standard InChI is InChI=1S/C15H18N4O2S/c1-10-14(22-11(2)17-10)15(20)19-8-4-5-12(9-19)21-13-6-3-7-16-18-13/h3,6-7,12H,4-5,8-9H2,1-2H3/t12-/m1/s1. The summed E-state index contributed by atoms with van der Waals surface area (Å²) in [5.41, 5.74) is 0.810. The molecule has 1 fully saturated rings. The molecule has 2 aromatic heterocycles. The highest BCUT2D eigenvalue weighted by molar-refractivity contribution is 7.13. The van der Waals surface area contributed by atoms with Crippen LogP contribution in [0.1, 0.15) is 33.2 Å².